The number of thiophene rings is 1. The highest BCUT2D eigenvalue weighted by atomic mass is 35.5. The maximum atomic E-state index is 13.8. The number of nitrogens with zero attached hydrogens (tertiary/aromatic N) is 1. The highest BCUT2D eigenvalue weighted by molar-refractivity contribution is 7.17. The van der Waals surface area contributed by atoms with Gasteiger partial charge in [-0.2, -0.15) is 0 Å². The molecule has 0 bridgehead atoms. The summed E-state index contributed by atoms with van der Waals surface area (Å²) in [4.78, 5) is 11.8. The lowest BCUT2D eigenvalue weighted by Crippen LogP contribution is -2.03. The van der Waals surface area contributed by atoms with Crippen molar-refractivity contribution in [2.24, 2.45) is 5.16 Å². The Labute approximate surface area is 129 Å². The number of rotatable bonds is 5. The van der Waals surface area contributed by atoms with E-state index in [0.29, 0.717) is 20.3 Å². The molecule has 0 saturated carbocycles. The lowest BCUT2D eigenvalue weighted by atomic mass is 10.1. The number of oxime groups is 1. The van der Waals surface area contributed by atoms with Crippen molar-refractivity contribution in [2.75, 3.05) is 0 Å². The molecule has 7 heteroatoms. The summed E-state index contributed by atoms with van der Waals surface area (Å²) in [6.45, 7) is 0. The smallest absolute Gasteiger partial charge is 0.303 e. The Balaban J connectivity index is 2.26. The average molecular weight is 328 g/mol. The van der Waals surface area contributed by atoms with Crippen LogP contribution in [0.2, 0.25) is 5.02 Å². The van der Waals surface area contributed by atoms with E-state index in [2.05, 4.69) is 5.16 Å². The standard InChI is InChI=1S/C14H11ClFNO3S/c15-8-1-2-9(10(16)7-8)12-4-5-13(21-12)11(17-20)3-6-14(18)19/h1-2,4-5,7,20H,3,6H2,(H,18,19)/b17-11+. The minimum atomic E-state index is -0.975. The first-order valence-corrected chi connectivity index (χ1v) is 7.19. The van der Waals surface area contributed by atoms with Gasteiger partial charge in [-0.15, -0.1) is 11.3 Å². The zero-order valence-electron chi connectivity index (χ0n) is 10.7. The van der Waals surface area contributed by atoms with Gasteiger partial charge in [0.1, 0.15) is 5.82 Å². The molecule has 1 aromatic carbocycles. The minimum absolute atomic E-state index is 0.106. The monoisotopic (exact) mass is 327 g/mol. The fraction of sp³-hybridized carbons (Fsp3) is 0.143. The van der Waals surface area contributed by atoms with Gasteiger partial charge in [0, 0.05) is 21.9 Å². The van der Waals surface area contributed by atoms with Gasteiger partial charge in [0.2, 0.25) is 0 Å². The highest BCUT2D eigenvalue weighted by Gasteiger charge is 2.13. The topological polar surface area (TPSA) is 69.9 Å². The lowest BCUT2D eigenvalue weighted by Gasteiger charge is -2.01. The number of carboxylic acid groups (broad SMARTS) is 1. The molecule has 2 rings (SSSR count). The van der Waals surface area contributed by atoms with E-state index in [1.54, 1.807) is 24.3 Å². The van der Waals surface area contributed by atoms with E-state index in [1.165, 1.54) is 17.4 Å². The van der Waals surface area contributed by atoms with Crippen LogP contribution in [-0.2, 0) is 4.79 Å². The van der Waals surface area contributed by atoms with Crippen LogP contribution in [0.5, 0.6) is 0 Å². The molecule has 0 aliphatic rings. The number of hydrogen-bond donors (Lipinski definition) is 2. The first kappa shape index (κ1) is 15.5. The number of carboxylic acids is 1. The normalized spacial score (nSPS) is 11.6. The quantitative estimate of drug-likeness (QED) is 0.490. The van der Waals surface area contributed by atoms with Crippen molar-refractivity contribution < 1.29 is 19.5 Å². The van der Waals surface area contributed by atoms with Crippen LogP contribution >= 0.6 is 22.9 Å². The predicted octanol–water partition coefficient (Wildman–Crippen LogP) is 4.25. The van der Waals surface area contributed by atoms with Crippen LogP contribution in [0.1, 0.15) is 17.7 Å². The van der Waals surface area contributed by atoms with Crippen LogP contribution in [0.15, 0.2) is 35.5 Å². The molecule has 110 valence electrons. The minimum Gasteiger partial charge on any atom is -0.481 e. The van der Waals surface area contributed by atoms with Gasteiger partial charge in [-0.3, -0.25) is 4.79 Å². The molecule has 0 fully saturated rings. The molecule has 0 saturated heterocycles. The Morgan fingerprint density at radius 1 is 1.29 bits per heavy atom. The van der Waals surface area contributed by atoms with E-state index in [9.17, 15) is 9.18 Å². The van der Waals surface area contributed by atoms with E-state index < -0.39 is 11.8 Å². The summed E-state index contributed by atoms with van der Waals surface area (Å²) in [6, 6.07) is 7.75. The second-order valence-electron chi connectivity index (χ2n) is 4.23. The van der Waals surface area contributed by atoms with Gasteiger partial charge in [0.15, 0.2) is 0 Å². The first-order valence-electron chi connectivity index (χ1n) is 5.99. The van der Waals surface area contributed by atoms with Crippen molar-refractivity contribution in [1.82, 2.24) is 0 Å². The summed E-state index contributed by atoms with van der Waals surface area (Å²) in [7, 11) is 0. The van der Waals surface area contributed by atoms with Gasteiger partial charge in [-0.05, 0) is 30.3 Å². The summed E-state index contributed by atoms with van der Waals surface area (Å²) in [5.41, 5.74) is 0.661. The number of halogens is 2. The number of benzene rings is 1. The number of carbonyl (C=O) groups is 1. The van der Waals surface area contributed by atoms with E-state index in [4.69, 9.17) is 21.9 Å². The molecule has 0 radical (unpaired) electrons. The third kappa shape index (κ3) is 3.80. The third-order valence-corrected chi connectivity index (χ3v) is 4.19. The van der Waals surface area contributed by atoms with Gasteiger partial charge in [-0.25, -0.2) is 4.39 Å². The zero-order chi connectivity index (χ0) is 15.4. The molecule has 21 heavy (non-hydrogen) atoms. The molecule has 1 heterocycles. The Bertz CT molecular complexity index is 699. The molecular weight excluding hydrogens is 317 g/mol. The lowest BCUT2D eigenvalue weighted by molar-refractivity contribution is -0.136. The second-order valence-corrected chi connectivity index (χ2v) is 5.75. The molecule has 2 aromatic rings. The van der Waals surface area contributed by atoms with Gasteiger partial charge in [-0.1, -0.05) is 16.8 Å². The Hall–Kier alpha value is -1.92. The van der Waals surface area contributed by atoms with Crippen LogP contribution in [-0.4, -0.2) is 22.0 Å². The average Bonchev–Trinajstić information content (AvgIpc) is 2.88. The predicted molar refractivity (Wildman–Crippen MR) is 79.9 cm³/mol. The fourth-order valence-electron chi connectivity index (χ4n) is 1.77. The summed E-state index contributed by atoms with van der Waals surface area (Å²) < 4.78 is 13.8. The molecule has 0 aliphatic carbocycles. The molecule has 4 nitrogen and oxygen atoms in total. The second kappa shape index (κ2) is 6.69. The van der Waals surface area contributed by atoms with E-state index in [-0.39, 0.29) is 18.6 Å². The zero-order valence-corrected chi connectivity index (χ0v) is 12.3. The number of aliphatic carboxylic acids is 1. The Morgan fingerprint density at radius 3 is 2.67 bits per heavy atom. The van der Waals surface area contributed by atoms with Gasteiger partial charge < -0.3 is 10.3 Å². The largest absolute Gasteiger partial charge is 0.481 e. The van der Waals surface area contributed by atoms with Crippen LogP contribution in [0.25, 0.3) is 10.4 Å². The van der Waals surface area contributed by atoms with Crippen LogP contribution in [0, 0.1) is 5.82 Å². The summed E-state index contributed by atoms with van der Waals surface area (Å²) in [5.74, 6) is -1.42. The molecule has 1 aromatic heterocycles. The molecule has 0 amide bonds. The molecular formula is C14H11ClFNO3S. The van der Waals surface area contributed by atoms with Crippen molar-refractivity contribution in [3.05, 3.63) is 46.0 Å². The van der Waals surface area contributed by atoms with E-state index in [1.807, 2.05) is 0 Å². The summed E-state index contributed by atoms with van der Waals surface area (Å²) >= 11 is 6.93. The molecule has 2 N–H and O–H groups in total. The SMILES string of the molecule is O=C(O)CC/C(=N\O)c1ccc(-c2ccc(Cl)cc2F)s1. The molecule has 0 atom stereocenters. The fourth-order valence-corrected chi connectivity index (χ4v) is 2.98. The van der Waals surface area contributed by atoms with Crippen molar-refractivity contribution in [1.29, 1.82) is 0 Å². The Morgan fingerprint density at radius 2 is 2.05 bits per heavy atom. The molecule has 0 aliphatic heterocycles. The molecule has 0 unspecified atom stereocenters. The van der Waals surface area contributed by atoms with Gasteiger partial charge in [0.25, 0.3) is 0 Å². The van der Waals surface area contributed by atoms with Crippen LogP contribution in [0.4, 0.5) is 4.39 Å². The van der Waals surface area contributed by atoms with Crippen molar-refractivity contribution >= 4 is 34.6 Å². The third-order valence-electron chi connectivity index (χ3n) is 2.78. The van der Waals surface area contributed by atoms with Crippen molar-refractivity contribution in [3.63, 3.8) is 0 Å². The van der Waals surface area contributed by atoms with Crippen molar-refractivity contribution in [2.45, 2.75) is 12.8 Å². The van der Waals surface area contributed by atoms with Gasteiger partial charge >= 0.3 is 5.97 Å². The van der Waals surface area contributed by atoms with Gasteiger partial charge in [0.05, 0.1) is 17.0 Å². The van der Waals surface area contributed by atoms with Crippen LogP contribution in [0.3, 0.4) is 0 Å². The maximum absolute atomic E-state index is 13.8. The van der Waals surface area contributed by atoms with E-state index in [0.717, 1.165) is 0 Å². The summed E-state index contributed by atoms with van der Waals surface area (Å²) in [6.07, 6.45) is -0.0309. The van der Waals surface area contributed by atoms with Crippen molar-refractivity contribution in [3.8, 4) is 10.4 Å². The number of hydrogen-bond acceptors (Lipinski definition) is 4. The molecule has 0 spiro atoms. The maximum Gasteiger partial charge on any atom is 0.303 e. The first-order chi connectivity index (χ1) is 10.0. The van der Waals surface area contributed by atoms with E-state index >= 15 is 0 Å². The highest BCUT2D eigenvalue weighted by Crippen LogP contribution is 2.32. The Kier molecular flexibility index (Phi) is 4.93. The van der Waals surface area contributed by atoms with Crippen LogP contribution < -0.4 is 0 Å². The summed E-state index contributed by atoms with van der Waals surface area (Å²) in [5, 5.41) is 21.1.